The summed E-state index contributed by atoms with van der Waals surface area (Å²) in [7, 11) is 0. The molecule has 0 bridgehead atoms. The summed E-state index contributed by atoms with van der Waals surface area (Å²) in [6.07, 6.45) is 3.70. The van der Waals surface area contributed by atoms with E-state index in [4.69, 9.17) is 5.73 Å². The van der Waals surface area contributed by atoms with Gasteiger partial charge in [-0.3, -0.25) is 0 Å². The molecule has 0 saturated carbocycles. The second-order valence-corrected chi connectivity index (χ2v) is 3.74. The van der Waals surface area contributed by atoms with Crippen LogP contribution in [0.25, 0.3) is 0 Å². The third-order valence-corrected chi connectivity index (χ3v) is 0.930. The number of allylic oxidation sites excluding steroid dienone is 1. The highest BCUT2D eigenvalue weighted by atomic mass is 14.6. The molecule has 0 spiro atoms. The van der Waals surface area contributed by atoms with E-state index < -0.39 is 0 Å². The zero-order valence-electron chi connectivity index (χ0n) is 7.81. The maximum Gasteiger partial charge on any atom is 0.0233 e. The largest absolute Gasteiger partial charge is 0.325 e. The van der Waals surface area contributed by atoms with Gasteiger partial charge < -0.3 is 5.73 Å². The number of nitrogens with two attached hydrogens (primary N) is 1. The molecule has 0 aliphatic carbocycles. The average molecular weight is 151 g/mol. The summed E-state index contributed by atoms with van der Waals surface area (Å²) in [5.41, 5.74) is 5.57. The Morgan fingerprint density at radius 2 is 1.91 bits per heavy atom. The molecular weight excluding hydrogens is 134 g/mol. The van der Waals surface area contributed by atoms with Crippen molar-refractivity contribution in [2.75, 3.05) is 0 Å². The van der Waals surface area contributed by atoms with Gasteiger partial charge in [-0.15, -0.1) is 0 Å². The molecule has 0 aliphatic rings. The zero-order valence-corrected chi connectivity index (χ0v) is 7.81. The Hall–Kier alpha value is -0.740. The zero-order chi connectivity index (χ0) is 8.91. The van der Waals surface area contributed by atoms with Gasteiger partial charge in [0.1, 0.15) is 0 Å². The Morgan fingerprint density at radius 3 is 2.27 bits per heavy atom. The van der Waals surface area contributed by atoms with Gasteiger partial charge in [0.2, 0.25) is 0 Å². The molecule has 0 fully saturated rings. The molecule has 1 nitrogen and oxygen atoms in total. The summed E-state index contributed by atoms with van der Waals surface area (Å²) < 4.78 is 0. The van der Waals surface area contributed by atoms with Crippen molar-refractivity contribution in [1.82, 2.24) is 0 Å². The Morgan fingerprint density at radius 1 is 1.36 bits per heavy atom. The van der Waals surface area contributed by atoms with Crippen molar-refractivity contribution >= 4 is 0 Å². The molecule has 0 aromatic heterocycles. The monoisotopic (exact) mass is 151 g/mol. The quantitative estimate of drug-likeness (QED) is 0.569. The second kappa shape index (κ2) is 4.20. The second-order valence-electron chi connectivity index (χ2n) is 3.74. The molecule has 0 amide bonds. The van der Waals surface area contributed by atoms with Crippen molar-refractivity contribution in [1.29, 1.82) is 0 Å². The van der Waals surface area contributed by atoms with Gasteiger partial charge in [-0.25, -0.2) is 0 Å². The Bertz CT molecular complexity index is 183. The average Bonchev–Trinajstić information content (AvgIpc) is 1.78. The van der Waals surface area contributed by atoms with Gasteiger partial charge in [-0.2, -0.15) is 0 Å². The van der Waals surface area contributed by atoms with Gasteiger partial charge in [0.25, 0.3) is 0 Å². The molecule has 0 heterocycles. The minimum absolute atomic E-state index is 0.0855. The number of rotatable bonds is 1. The highest BCUT2D eigenvalue weighted by Crippen LogP contribution is 2.09. The molecular formula is C10H17N. The van der Waals surface area contributed by atoms with Crippen LogP contribution in [0.5, 0.6) is 0 Å². The van der Waals surface area contributed by atoms with Crippen LogP contribution in [-0.4, -0.2) is 6.04 Å². The summed E-state index contributed by atoms with van der Waals surface area (Å²) in [5.74, 6) is 6.03. The predicted octanol–water partition coefficient (Wildman–Crippen LogP) is 1.94. The van der Waals surface area contributed by atoms with Crippen molar-refractivity contribution in [3.8, 4) is 11.8 Å². The highest BCUT2D eigenvalue weighted by Gasteiger charge is 2.02. The van der Waals surface area contributed by atoms with E-state index >= 15 is 0 Å². The summed E-state index contributed by atoms with van der Waals surface area (Å²) in [5, 5.41) is 0. The fraction of sp³-hybridized carbons (Fsp3) is 0.600. The van der Waals surface area contributed by atoms with Crippen molar-refractivity contribution in [2.45, 2.75) is 33.7 Å². The predicted molar refractivity (Wildman–Crippen MR) is 50.0 cm³/mol. The molecule has 0 aromatic carbocycles. The lowest BCUT2D eigenvalue weighted by Gasteiger charge is -2.05. The van der Waals surface area contributed by atoms with Crippen LogP contribution in [0.4, 0.5) is 0 Å². The summed E-state index contributed by atoms with van der Waals surface area (Å²) in [6, 6.07) is 0.101. The highest BCUT2D eigenvalue weighted by molar-refractivity contribution is 5.19. The van der Waals surface area contributed by atoms with Crippen LogP contribution in [0.15, 0.2) is 12.2 Å². The van der Waals surface area contributed by atoms with Gasteiger partial charge in [0.15, 0.2) is 0 Å². The topological polar surface area (TPSA) is 26.0 Å². The van der Waals surface area contributed by atoms with Gasteiger partial charge >= 0.3 is 0 Å². The summed E-state index contributed by atoms with van der Waals surface area (Å²) in [4.78, 5) is 0. The first-order valence-electron chi connectivity index (χ1n) is 3.87. The first-order valence-corrected chi connectivity index (χ1v) is 3.87. The van der Waals surface area contributed by atoms with Crippen LogP contribution in [0.1, 0.15) is 27.7 Å². The molecule has 1 atom stereocenters. The van der Waals surface area contributed by atoms with Crippen LogP contribution in [0.3, 0.4) is 0 Å². The van der Waals surface area contributed by atoms with Gasteiger partial charge in [-0.1, -0.05) is 17.9 Å². The van der Waals surface area contributed by atoms with Gasteiger partial charge in [0, 0.05) is 11.5 Å². The first-order chi connectivity index (χ1) is 4.92. The smallest absolute Gasteiger partial charge is 0.0233 e. The van der Waals surface area contributed by atoms with Gasteiger partial charge in [-0.05, 0) is 33.8 Å². The number of hydrogen-bond acceptors (Lipinski definition) is 1. The standard InChI is InChI=1S/C10H17N/c1-9(11)7-5-6-8-10(2,3)4/h5,7,9H,11H2,1-4H3. The van der Waals surface area contributed by atoms with E-state index in [1.165, 1.54) is 0 Å². The molecule has 11 heavy (non-hydrogen) atoms. The van der Waals surface area contributed by atoms with Gasteiger partial charge in [0.05, 0.1) is 0 Å². The van der Waals surface area contributed by atoms with E-state index in [2.05, 4.69) is 32.6 Å². The minimum Gasteiger partial charge on any atom is -0.325 e. The maximum atomic E-state index is 5.49. The Balaban J connectivity index is 3.92. The van der Waals surface area contributed by atoms with E-state index in [1.54, 1.807) is 0 Å². The summed E-state index contributed by atoms with van der Waals surface area (Å²) in [6.45, 7) is 8.18. The van der Waals surface area contributed by atoms with Crippen molar-refractivity contribution in [3.63, 3.8) is 0 Å². The molecule has 0 aliphatic heterocycles. The molecule has 1 heteroatoms. The molecule has 0 aromatic rings. The van der Waals surface area contributed by atoms with Crippen molar-refractivity contribution in [2.24, 2.45) is 11.1 Å². The van der Waals surface area contributed by atoms with Crippen molar-refractivity contribution in [3.05, 3.63) is 12.2 Å². The lowest BCUT2D eigenvalue weighted by molar-refractivity contribution is 0.571. The summed E-state index contributed by atoms with van der Waals surface area (Å²) >= 11 is 0. The lowest BCUT2D eigenvalue weighted by atomic mass is 9.98. The van der Waals surface area contributed by atoms with Crippen LogP contribution in [0.2, 0.25) is 0 Å². The maximum absolute atomic E-state index is 5.49. The third-order valence-electron chi connectivity index (χ3n) is 0.930. The molecule has 1 unspecified atom stereocenters. The SMILES string of the molecule is CC(N)C=CC#CC(C)(C)C. The lowest BCUT2D eigenvalue weighted by Crippen LogP contribution is -2.09. The van der Waals surface area contributed by atoms with Crippen LogP contribution < -0.4 is 5.73 Å². The molecule has 0 rings (SSSR count). The normalized spacial score (nSPS) is 14.3. The van der Waals surface area contributed by atoms with E-state index in [-0.39, 0.29) is 11.5 Å². The number of hydrogen-bond donors (Lipinski definition) is 1. The molecule has 0 saturated heterocycles. The molecule has 0 radical (unpaired) electrons. The Kier molecular flexibility index (Phi) is 3.92. The minimum atomic E-state index is 0.0855. The Labute approximate surface area is 69.7 Å². The fourth-order valence-electron chi connectivity index (χ4n) is 0.458. The van der Waals surface area contributed by atoms with Crippen LogP contribution in [0, 0.1) is 17.3 Å². The third kappa shape index (κ3) is 9.26. The van der Waals surface area contributed by atoms with E-state index in [1.807, 2.05) is 19.1 Å². The van der Waals surface area contributed by atoms with E-state index in [0.29, 0.717) is 0 Å². The molecule has 2 N–H and O–H groups in total. The van der Waals surface area contributed by atoms with E-state index in [0.717, 1.165) is 0 Å². The van der Waals surface area contributed by atoms with Crippen LogP contribution >= 0.6 is 0 Å². The first kappa shape index (κ1) is 10.3. The molecule has 62 valence electrons. The van der Waals surface area contributed by atoms with E-state index in [9.17, 15) is 0 Å². The van der Waals surface area contributed by atoms with Crippen molar-refractivity contribution < 1.29 is 0 Å². The van der Waals surface area contributed by atoms with Crippen LogP contribution in [-0.2, 0) is 0 Å². The fourth-order valence-corrected chi connectivity index (χ4v) is 0.458.